The second-order valence-electron chi connectivity index (χ2n) is 7.08. The van der Waals surface area contributed by atoms with Crippen molar-refractivity contribution in [3.05, 3.63) is 29.8 Å². The van der Waals surface area contributed by atoms with Gasteiger partial charge >= 0.3 is 0 Å². The predicted octanol–water partition coefficient (Wildman–Crippen LogP) is 3.02. The van der Waals surface area contributed by atoms with Crippen molar-refractivity contribution in [1.82, 2.24) is 5.32 Å². The number of hydrogen-bond donors (Lipinski definition) is 2. The van der Waals surface area contributed by atoms with E-state index < -0.39 is 9.93 Å². The largest absolute Gasteiger partial charge is 0.355 e. The van der Waals surface area contributed by atoms with Crippen LogP contribution in [0.15, 0.2) is 29.2 Å². The Bertz CT molecular complexity index is 515. The van der Waals surface area contributed by atoms with Crippen LogP contribution in [-0.2, 0) is 9.93 Å². The number of benzene rings is 1. The lowest BCUT2D eigenvalue weighted by atomic mass is 10.2. The number of nitrogens with one attached hydrogen (secondary N) is 1. The van der Waals surface area contributed by atoms with Crippen LogP contribution in [0.3, 0.4) is 0 Å². The van der Waals surface area contributed by atoms with E-state index in [0.29, 0.717) is 5.56 Å². The van der Waals surface area contributed by atoms with Crippen LogP contribution in [-0.4, -0.2) is 26.7 Å². The van der Waals surface area contributed by atoms with Crippen molar-refractivity contribution in [2.45, 2.75) is 55.9 Å². The Hall–Kier alpha value is -1.16. The topological polar surface area (TPSA) is 46.2 Å². The standard InChI is InChI=1S/C16H27NO2S/c1-15(2,3)20(19,16(4,5)6)13-10-8-12(9-11-13)14(18)17-7/h8-11,20H,1-7H3,(H,17,18). The van der Waals surface area contributed by atoms with E-state index in [1.807, 2.05) is 53.7 Å². The quantitative estimate of drug-likeness (QED) is 0.824. The Morgan fingerprint density at radius 1 is 0.950 bits per heavy atom. The average molecular weight is 297 g/mol. The van der Waals surface area contributed by atoms with Gasteiger partial charge < -0.3 is 5.32 Å². The van der Waals surface area contributed by atoms with Crippen molar-refractivity contribution in [2.24, 2.45) is 0 Å². The van der Waals surface area contributed by atoms with Gasteiger partial charge in [0.25, 0.3) is 5.91 Å². The van der Waals surface area contributed by atoms with Gasteiger partial charge in [0.1, 0.15) is 0 Å². The molecule has 0 aromatic heterocycles. The monoisotopic (exact) mass is 297 g/mol. The second-order valence-corrected chi connectivity index (χ2v) is 11.5. The van der Waals surface area contributed by atoms with Crippen molar-refractivity contribution in [3.63, 3.8) is 0 Å². The third kappa shape index (κ3) is 2.80. The van der Waals surface area contributed by atoms with Crippen LogP contribution in [0, 0.1) is 0 Å². The molecule has 0 aliphatic carbocycles. The molecule has 3 nitrogen and oxygen atoms in total. The minimum atomic E-state index is -2.63. The first-order valence-electron chi connectivity index (χ1n) is 6.88. The molecule has 1 aromatic rings. The van der Waals surface area contributed by atoms with E-state index in [1.54, 1.807) is 19.2 Å². The van der Waals surface area contributed by atoms with Gasteiger partial charge in [0, 0.05) is 27.0 Å². The van der Waals surface area contributed by atoms with E-state index in [2.05, 4.69) is 5.32 Å². The molecule has 0 fully saturated rings. The van der Waals surface area contributed by atoms with Crippen LogP contribution in [0.4, 0.5) is 0 Å². The molecule has 0 saturated carbocycles. The van der Waals surface area contributed by atoms with Gasteiger partial charge in [0.2, 0.25) is 0 Å². The van der Waals surface area contributed by atoms with Gasteiger partial charge in [-0.15, -0.1) is 0 Å². The summed E-state index contributed by atoms with van der Waals surface area (Å²) in [6, 6.07) is 7.17. The van der Waals surface area contributed by atoms with Crippen molar-refractivity contribution < 1.29 is 9.00 Å². The maximum absolute atomic E-state index is 13.7. The average Bonchev–Trinajstić information content (AvgIpc) is 2.34. The van der Waals surface area contributed by atoms with Gasteiger partial charge in [-0.1, -0.05) is 51.5 Å². The summed E-state index contributed by atoms with van der Waals surface area (Å²) in [5.74, 6) is -0.127. The first-order valence-corrected chi connectivity index (χ1v) is 8.59. The molecular formula is C16H27NO2S. The molecule has 1 amide bonds. The Kier molecular flexibility index (Phi) is 4.49. The molecule has 0 radical (unpaired) electrons. The number of carbonyl (C=O) groups is 1. The van der Waals surface area contributed by atoms with Crippen LogP contribution in [0.1, 0.15) is 51.9 Å². The lowest BCUT2D eigenvalue weighted by Gasteiger charge is -2.46. The summed E-state index contributed by atoms with van der Waals surface area (Å²) in [5, 5.41) is 2.59. The normalized spacial score (nSPS) is 13.9. The molecular weight excluding hydrogens is 270 g/mol. The Morgan fingerprint density at radius 2 is 1.35 bits per heavy atom. The highest BCUT2D eigenvalue weighted by atomic mass is 32.2. The molecule has 0 aliphatic heterocycles. The van der Waals surface area contributed by atoms with Crippen molar-refractivity contribution in [2.75, 3.05) is 7.05 Å². The van der Waals surface area contributed by atoms with E-state index >= 15 is 0 Å². The zero-order chi connectivity index (χ0) is 15.8. The van der Waals surface area contributed by atoms with Crippen molar-refractivity contribution >= 4 is 15.8 Å². The molecule has 0 unspecified atom stereocenters. The summed E-state index contributed by atoms with van der Waals surface area (Å²) < 4.78 is 13.1. The summed E-state index contributed by atoms with van der Waals surface area (Å²) in [7, 11) is -1.03. The molecule has 0 spiro atoms. The zero-order valence-corrected chi connectivity index (χ0v) is 14.5. The van der Waals surface area contributed by atoms with Crippen LogP contribution in [0.2, 0.25) is 0 Å². The van der Waals surface area contributed by atoms with Crippen LogP contribution < -0.4 is 5.32 Å². The third-order valence-corrected chi connectivity index (χ3v) is 8.41. The SMILES string of the molecule is CNC(=O)c1ccc([SH](=O)(C(C)(C)C)C(C)(C)C)cc1. The van der Waals surface area contributed by atoms with E-state index in [-0.39, 0.29) is 15.4 Å². The van der Waals surface area contributed by atoms with Gasteiger partial charge in [0.05, 0.1) is 0 Å². The van der Waals surface area contributed by atoms with Gasteiger partial charge in [-0.3, -0.25) is 9.00 Å². The maximum Gasteiger partial charge on any atom is 0.251 e. The number of amides is 1. The number of hydrogen-bond acceptors (Lipinski definition) is 2. The highest BCUT2D eigenvalue weighted by Crippen LogP contribution is 2.42. The lowest BCUT2D eigenvalue weighted by molar-refractivity contribution is 0.0963. The van der Waals surface area contributed by atoms with Crippen molar-refractivity contribution in [1.29, 1.82) is 0 Å². The minimum absolute atomic E-state index is 0.127. The fraction of sp³-hybridized carbons (Fsp3) is 0.562. The highest BCUT2D eigenvalue weighted by Gasteiger charge is 2.41. The van der Waals surface area contributed by atoms with Gasteiger partial charge in [-0.05, 0) is 24.3 Å². The fourth-order valence-electron chi connectivity index (χ4n) is 2.75. The molecule has 0 bridgehead atoms. The minimum Gasteiger partial charge on any atom is -0.355 e. The molecule has 0 atom stereocenters. The molecule has 0 aliphatic rings. The van der Waals surface area contributed by atoms with E-state index in [1.165, 1.54) is 0 Å². The molecule has 114 valence electrons. The summed E-state index contributed by atoms with van der Waals surface area (Å²) in [5.41, 5.74) is 0.589. The van der Waals surface area contributed by atoms with Gasteiger partial charge in [0.15, 0.2) is 0 Å². The van der Waals surface area contributed by atoms with Crippen LogP contribution in [0.5, 0.6) is 0 Å². The molecule has 0 saturated heterocycles. The molecule has 1 aromatic carbocycles. The lowest BCUT2D eigenvalue weighted by Crippen LogP contribution is -2.48. The van der Waals surface area contributed by atoms with Crippen LogP contribution >= 0.6 is 0 Å². The first kappa shape index (κ1) is 16.9. The van der Waals surface area contributed by atoms with Crippen LogP contribution in [0.25, 0.3) is 0 Å². The first-order chi connectivity index (χ1) is 8.95. The van der Waals surface area contributed by atoms with E-state index in [4.69, 9.17) is 0 Å². The summed E-state index contributed by atoms with van der Waals surface area (Å²) >= 11 is 0. The highest BCUT2D eigenvalue weighted by molar-refractivity contribution is 8.05. The third-order valence-electron chi connectivity index (χ3n) is 3.61. The molecule has 1 N–H and O–H groups in total. The Labute approximate surface area is 123 Å². The summed E-state index contributed by atoms with van der Waals surface area (Å²) in [4.78, 5) is 12.4. The number of thiol groups is 1. The smallest absolute Gasteiger partial charge is 0.251 e. The van der Waals surface area contributed by atoms with Gasteiger partial charge in [-0.2, -0.15) is 0 Å². The number of rotatable bonds is 2. The van der Waals surface area contributed by atoms with Gasteiger partial charge in [-0.25, -0.2) is 0 Å². The number of carbonyl (C=O) groups excluding carboxylic acids is 1. The zero-order valence-electron chi connectivity index (χ0n) is 13.6. The van der Waals surface area contributed by atoms with E-state index in [9.17, 15) is 9.00 Å². The molecule has 1 rings (SSSR count). The maximum atomic E-state index is 13.7. The summed E-state index contributed by atoms with van der Waals surface area (Å²) in [6.07, 6.45) is 0. The molecule has 4 heteroatoms. The second kappa shape index (κ2) is 5.32. The van der Waals surface area contributed by atoms with Crippen molar-refractivity contribution in [3.8, 4) is 0 Å². The fourth-order valence-corrected chi connectivity index (χ4v) is 6.88. The molecule has 0 heterocycles. The Balaban J connectivity index is 3.39. The predicted molar refractivity (Wildman–Crippen MR) is 87.1 cm³/mol. The Morgan fingerprint density at radius 3 is 1.65 bits per heavy atom. The molecule has 20 heavy (non-hydrogen) atoms. The summed E-state index contributed by atoms with van der Waals surface area (Å²) in [6.45, 7) is 12.1. The van der Waals surface area contributed by atoms with E-state index in [0.717, 1.165) is 4.90 Å².